The van der Waals surface area contributed by atoms with Crippen molar-refractivity contribution in [3.8, 4) is 5.75 Å². The Bertz CT molecular complexity index is 1190. The molecule has 0 saturated heterocycles. The van der Waals surface area contributed by atoms with Gasteiger partial charge in [-0.2, -0.15) is 5.10 Å². The number of carbonyl (C=O) groups excluding carboxylic acids is 2. The van der Waals surface area contributed by atoms with Crippen LogP contribution >= 0.6 is 12.4 Å². The number of aromatic nitrogens is 3. The number of benzene rings is 1. The topological polar surface area (TPSA) is 105 Å². The first-order valence-corrected chi connectivity index (χ1v) is 11.1. The number of nitrogens with zero attached hydrogens (tertiary/aromatic N) is 5. The summed E-state index contributed by atoms with van der Waals surface area (Å²) in [5.41, 5.74) is 2.25. The molecule has 0 unspecified atom stereocenters. The fraction of sp³-hybridized carbons (Fsp3) is 0.417. The smallest absolute Gasteiger partial charge is 0.326 e. The molecule has 2 N–H and O–H groups in total. The molecule has 0 bridgehead atoms. The number of ether oxygens (including phenoxy) is 1. The van der Waals surface area contributed by atoms with E-state index in [0.717, 1.165) is 17.6 Å². The summed E-state index contributed by atoms with van der Waals surface area (Å²) in [7, 11) is 7.65. The van der Waals surface area contributed by atoms with Crippen LogP contribution in [0.4, 0.5) is 16.3 Å². The summed E-state index contributed by atoms with van der Waals surface area (Å²) in [5.74, 6) is 0.567. The standard InChI is InChI=1S/C24H33N7O3.ClH/c1-15(2)34-18-10-8-9-17(13-18)25-24(33)27-23(32)20-14-19-16(3)28-31(7)22(19)26-21(20)30(6)12-11-29(4)5;/h8-10,13-15H,11-12H2,1-7H3,(H2,25,27,32,33);1H. The maximum atomic E-state index is 13.2. The number of halogens is 1. The third-order valence-corrected chi connectivity index (χ3v) is 5.16. The van der Waals surface area contributed by atoms with Gasteiger partial charge in [0.15, 0.2) is 5.65 Å². The zero-order chi connectivity index (χ0) is 25.0. The van der Waals surface area contributed by atoms with Gasteiger partial charge in [0.05, 0.1) is 17.4 Å². The summed E-state index contributed by atoms with van der Waals surface area (Å²) >= 11 is 0. The maximum absolute atomic E-state index is 13.2. The van der Waals surface area contributed by atoms with E-state index in [1.165, 1.54) is 0 Å². The zero-order valence-corrected chi connectivity index (χ0v) is 22.1. The van der Waals surface area contributed by atoms with Crippen LogP contribution < -0.4 is 20.3 Å². The molecule has 0 atom stereocenters. The highest BCUT2D eigenvalue weighted by Crippen LogP contribution is 2.25. The number of amides is 3. The van der Waals surface area contributed by atoms with Crippen molar-refractivity contribution in [3.05, 3.63) is 41.6 Å². The normalized spacial score (nSPS) is 10.9. The Morgan fingerprint density at radius 2 is 1.86 bits per heavy atom. The first-order valence-electron chi connectivity index (χ1n) is 11.1. The Morgan fingerprint density at radius 1 is 1.14 bits per heavy atom. The number of pyridine rings is 1. The third-order valence-electron chi connectivity index (χ3n) is 5.16. The molecule has 0 fully saturated rings. The minimum absolute atomic E-state index is 0. The number of imide groups is 1. The monoisotopic (exact) mass is 503 g/mol. The summed E-state index contributed by atoms with van der Waals surface area (Å²) in [6.07, 6.45) is 0.00640. The summed E-state index contributed by atoms with van der Waals surface area (Å²) in [6, 6.07) is 8.11. The van der Waals surface area contributed by atoms with Crippen molar-refractivity contribution in [1.29, 1.82) is 0 Å². The van der Waals surface area contributed by atoms with Gasteiger partial charge in [0.1, 0.15) is 11.6 Å². The molecule has 0 spiro atoms. The van der Waals surface area contributed by atoms with Crippen molar-refractivity contribution in [2.24, 2.45) is 7.05 Å². The van der Waals surface area contributed by atoms with Crippen LogP contribution in [0.2, 0.25) is 0 Å². The molecular formula is C24H34ClN7O3. The predicted molar refractivity (Wildman–Crippen MR) is 141 cm³/mol. The number of hydrogen-bond acceptors (Lipinski definition) is 7. The highest BCUT2D eigenvalue weighted by atomic mass is 35.5. The van der Waals surface area contributed by atoms with Gasteiger partial charge in [-0.1, -0.05) is 6.07 Å². The van der Waals surface area contributed by atoms with E-state index in [9.17, 15) is 9.59 Å². The molecule has 0 aliphatic rings. The summed E-state index contributed by atoms with van der Waals surface area (Å²) in [4.78, 5) is 34.5. The molecule has 0 aliphatic heterocycles. The van der Waals surface area contributed by atoms with Gasteiger partial charge >= 0.3 is 6.03 Å². The van der Waals surface area contributed by atoms with E-state index in [0.29, 0.717) is 35.0 Å². The summed E-state index contributed by atoms with van der Waals surface area (Å²) in [5, 5.41) is 10.3. The van der Waals surface area contributed by atoms with Crippen molar-refractivity contribution in [2.45, 2.75) is 26.9 Å². The lowest BCUT2D eigenvalue weighted by molar-refractivity contribution is 0.0967. The van der Waals surface area contributed by atoms with Gasteiger partial charge in [0.25, 0.3) is 5.91 Å². The lowest BCUT2D eigenvalue weighted by atomic mass is 10.1. The number of anilines is 2. The van der Waals surface area contributed by atoms with E-state index in [1.807, 2.05) is 58.8 Å². The van der Waals surface area contributed by atoms with Crippen molar-refractivity contribution in [3.63, 3.8) is 0 Å². The number of aryl methyl sites for hydroxylation is 2. The Labute approximate surface area is 212 Å². The molecule has 190 valence electrons. The van der Waals surface area contributed by atoms with Gasteiger partial charge in [-0.25, -0.2) is 9.78 Å². The minimum Gasteiger partial charge on any atom is -0.491 e. The van der Waals surface area contributed by atoms with Crippen molar-refractivity contribution < 1.29 is 14.3 Å². The average Bonchev–Trinajstić information content (AvgIpc) is 3.03. The van der Waals surface area contributed by atoms with E-state index < -0.39 is 11.9 Å². The number of urea groups is 1. The van der Waals surface area contributed by atoms with Crippen LogP contribution in [0.25, 0.3) is 11.0 Å². The minimum atomic E-state index is -0.642. The van der Waals surface area contributed by atoms with Gasteiger partial charge in [0, 0.05) is 44.3 Å². The van der Waals surface area contributed by atoms with Crippen LogP contribution in [-0.2, 0) is 7.05 Å². The molecule has 3 amide bonds. The molecule has 0 saturated carbocycles. The molecular weight excluding hydrogens is 470 g/mol. The highest BCUT2D eigenvalue weighted by Gasteiger charge is 2.22. The van der Waals surface area contributed by atoms with E-state index in [-0.39, 0.29) is 18.5 Å². The Morgan fingerprint density at radius 3 is 2.51 bits per heavy atom. The van der Waals surface area contributed by atoms with Crippen molar-refractivity contribution in [2.75, 3.05) is 44.4 Å². The molecule has 35 heavy (non-hydrogen) atoms. The number of carbonyl (C=O) groups is 2. The largest absolute Gasteiger partial charge is 0.491 e. The molecule has 10 nitrogen and oxygen atoms in total. The second-order valence-corrected chi connectivity index (χ2v) is 8.77. The summed E-state index contributed by atoms with van der Waals surface area (Å²) in [6.45, 7) is 7.13. The lowest BCUT2D eigenvalue weighted by Crippen LogP contribution is -2.36. The first-order chi connectivity index (χ1) is 16.0. The Balaban J connectivity index is 0.00000432. The van der Waals surface area contributed by atoms with E-state index in [4.69, 9.17) is 9.72 Å². The third kappa shape index (κ3) is 7.06. The van der Waals surface area contributed by atoms with Crippen molar-refractivity contribution >= 4 is 46.9 Å². The fourth-order valence-corrected chi connectivity index (χ4v) is 3.50. The quantitative estimate of drug-likeness (QED) is 0.485. The van der Waals surface area contributed by atoms with E-state index in [1.54, 1.807) is 35.0 Å². The molecule has 2 aromatic heterocycles. The molecule has 2 heterocycles. The van der Waals surface area contributed by atoms with Crippen LogP contribution in [0.15, 0.2) is 30.3 Å². The number of rotatable bonds is 8. The van der Waals surface area contributed by atoms with Gasteiger partial charge in [0.2, 0.25) is 0 Å². The molecule has 11 heteroatoms. The molecule has 0 aliphatic carbocycles. The number of hydrogen-bond donors (Lipinski definition) is 2. The number of fused-ring (bicyclic) bond motifs is 1. The van der Waals surface area contributed by atoms with Gasteiger partial charge in [-0.05, 0) is 53.1 Å². The van der Waals surface area contributed by atoms with Crippen LogP contribution in [0.5, 0.6) is 5.75 Å². The van der Waals surface area contributed by atoms with Gasteiger partial charge in [-0.3, -0.25) is 14.8 Å². The van der Waals surface area contributed by atoms with Gasteiger partial charge < -0.3 is 19.9 Å². The molecule has 0 radical (unpaired) electrons. The second-order valence-electron chi connectivity index (χ2n) is 8.77. The SMILES string of the molecule is Cc1nn(C)c2nc(N(C)CCN(C)C)c(C(=O)NC(=O)Nc3cccc(OC(C)C)c3)cc12.Cl. The van der Waals surface area contributed by atoms with Gasteiger partial charge in [-0.15, -0.1) is 12.4 Å². The summed E-state index contributed by atoms with van der Waals surface area (Å²) < 4.78 is 7.35. The predicted octanol–water partition coefficient (Wildman–Crippen LogP) is 3.45. The number of nitrogens with one attached hydrogen (secondary N) is 2. The van der Waals surface area contributed by atoms with Crippen LogP contribution in [-0.4, -0.2) is 71.9 Å². The maximum Gasteiger partial charge on any atom is 0.326 e. The first kappa shape index (κ1) is 27.9. The van der Waals surface area contributed by atoms with Crippen LogP contribution in [0.3, 0.4) is 0 Å². The molecule has 3 aromatic rings. The van der Waals surface area contributed by atoms with Crippen molar-refractivity contribution in [1.82, 2.24) is 25.0 Å². The lowest BCUT2D eigenvalue weighted by Gasteiger charge is -2.23. The van der Waals surface area contributed by atoms with Crippen LogP contribution in [0.1, 0.15) is 29.9 Å². The zero-order valence-electron chi connectivity index (χ0n) is 21.2. The molecule has 3 rings (SSSR count). The number of likely N-dealkylation sites (N-methyl/N-ethyl adjacent to an activating group) is 2. The van der Waals surface area contributed by atoms with E-state index in [2.05, 4.69) is 15.7 Å². The fourth-order valence-electron chi connectivity index (χ4n) is 3.50. The molecule has 1 aromatic carbocycles. The highest BCUT2D eigenvalue weighted by molar-refractivity contribution is 6.11. The van der Waals surface area contributed by atoms with E-state index >= 15 is 0 Å². The Kier molecular flexibility index (Phi) is 9.44. The average molecular weight is 504 g/mol. The van der Waals surface area contributed by atoms with Crippen LogP contribution in [0, 0.1) is 6.92 Å². The second kappa shape index (κ2) is 11.9. The Hall–Kier alpha value is -3.37.